The predicted molar refractivity (Wildman–Crippen MR) is 60.7 cm³/mol. The highest BCUT2D eigenvalue weighted by atomic mass is 19.2. The molecule has 0 aliphatic carbocycles. The molecule has 1 aromatic rings. The zero-order valence-electron chi connectivity index (χ0n) is 9.96. The zero-order chi connectivity index (χ0) is 13.0. The number of ether oxygens (including phenoxy) is 1. The summed E-state index contributed by atoms with van der Waals surface area (Å²) in [5, 5.41) is 2.73. The second-order valence-corrected chi connectivity index (χ2v) is 3.98. The Labute approximate surface area is 98.8 Å². The molecule has 0 aliphatic rings. The molecule has 0 aliphatic heterocycles. The SMILES string of the molecule is CC(C)OC(=O)[C@H](C)Nc1ccc(F)c(F)c1. The summed E-state index contributed by atoms with van der Waals surface area (Å²) < 4.78 is 30.6. The number of halogens is 2. The molecule has 5 heteroatoms. The van der Waals surface area contributed by atoms with Crippen molar-refractivity contribution in [3.05, 3.63) is 29.8 Å². The first-order valence-electron chi connectivity index (χ1n) is 5.32. The van der Waals surface area contributed by atoms with E-state index < -0.39 is 23.6 Å². The van der Waals surface area contributed by atoms with E-state index in [1.54, 1.807) is 20.8 Å². The standard InChI is InChI=1S/C12H15F2NO2/c1-7(2)17-12(16)8(3)15-9-4-5-10(13)11(14)6-9/h4-8,15H,1-3H3/t8-/m0/s1. The van der Waals surface area contributed by atoms with Crippen LogP contribution in [-0.2, 0) is 9.53 Å². The Balaban J connectivity index is 2.64. The molecule has 1 aromatic carbocycles. The van der Waals surface area contributed by atoms with Gasteiger partial charge in [0.15, 0.2) is 11.6 Å². The Kier molecular flexibility index (Phi) is 4.43. The van der Waals surface area contributed by atoms with Gasteiger partial charge in [-0.3, -0.25) is 0 Å². The van der Waals surface area contributed by atoms with Gasteiger partial charge in [0, 0.05) is 11.8 Å². The van der Waals surface area contributed by atoms with E-state index in [-0.39, 0.29) is 6.10 Å². The molecular formula is C12H15F2NO2. The second-order valence-electron chi connectivity index (χ2n) is 3.98. The fraction of sp³-hybridized carbons (Fsp3) is 0.417. The van der Waals surface area contributed by atoms with Gasteiger partial charge >= 0.3 is 5.97 Å². The van der Waals surface area contributed by atoms with Crippen LogP contribution < -0.4 is 5.32 Å². The van der Waals surface area contributed by atoms with E-state index in [0.717, 1.165) is 12.1 Å². The molecule has 1 atom stereocenters. The number of anilines is 1. The van der Waals surface area contributed by atoms with Crippen molar-refractivity contribution in [2.24, 2.45) is 0 Å². The molecule has 0 heterocycles. The van der Waals surface area contributed by atoms with Crippen LogP contribution in [0.25, 0.3) is 0 Å². The van der Waals surface area contributed by atoms with E-state index in [9.17, 15) is 13.6 Å². The highest BCUT2D eigenvalue weighted by molar-refractivity contribution is 5.78. The molecule has 1 rings (SSSR count). The first-order chi connectivity index (χ1) is 7.90. The van der Waals surface area contributed by atoms with Crippen molar-refractivity contribution in [1.29, 1.82) is 0 Å². The lowest BCUT2D eigenvalue weighted by Gasteiger charge is -2.16. The van der Waals surface area contributed by atoms with E-state index in [1.165, 1.54) is 6.07 Å². The van der Waals surface area contributed by atoms with Gasteiger partial charge in [0.1, 0.15) is 6.04 Å². The van der Waals surface area contributed by atoms with Crippen molar-refractivity contribution in [3.63, 3.8) is 0 Å². The number of hydrogen-bond donors (Lipinski definition) is 1. The van der Waals surface area contributed by atoms with Crippen LogP contribution in [0.2, 0.25) is 0 Å². The van der Waals surface area contributed by atoms with E-state index in [2.05, 4.69) is 5.32 Å². The van der Waals surface area contributed by atoms with Crippen LogP contribution in [0.4, 0.5) is 14.5 Å². The molecule has 94 valence electrons. The fourth-order valence-corrected chi connectivity index (χ4v) is 1.23. The van der Waals surface area contributed by atoms with Crippen LogP contribution >= 0.6 is 0 Å². The number of nitrogens with one attached hydrogen (secondary N) is 1. The first-order valence-corrected chi connectivity index (χ1v) is 5.32. The monoisotopic (exact) mass is 243 g/mol. The minimum absolute atomic E-state index is 0.211. The number of carbonyl (C=O) groups excluding carboxylic acids is 1. The molecule has 0 unspecified atom stereocenters. The van der Waals surface area contributed by atoms with Crippen LogP contribution in [-0.4, -0.2) is 18.1 Å². The van der Waals surface area contributed by atoms with Crippen LogP contribution in [0, 0.1) is 11.6 Å². The van der Waals surface area contributed by atoms with Gasteiger partial charge < -0.3 is 10.1 Å². The minimum atomic E-state index is -0.959. The summed E-state index contributed by atoms with van der Waals surface area (Å²) in [6.45, 7) is 5.07. The fourth-order valence-electron chi connectivity index (χ4n) is 1.23. The summed E-state index contributed by atoms with van der Waals surface area (Å²) in [6.07, 6.45) is -0.211. The average molecular weight is 243 g/mol. The predicted octanol–water partition coefficient (Wildman–Crippen LogP) is 2.72. The van der Waals surface area contributed by atoms with Crippen molar-refractivity contribution >= 4 is 11.7 Å². The van der Waals surface area contributed by atoms with E-state index in [4.69, 9.17) is 4.74 Å². The third-order valence-corrected chi connectivity index (χ3v) is 2.01. The van der Waals surface area contributed by atoms with Crippen molar-refractivity contribution < 1.29 is 18.3 Å². The van der Waals surface area contributed by atoms with Crippen molar-refractivity contribution in [2.45, 2.75) is 32.9 Å². The van der Waals surface area contributed by atoms with Crippen LogP contribution in [0.5, 0.6) is 0 Å². The van der Waals surface area contributed by atoms with E-state index >= 15 is 0 Å². The van der Waals surface area contributed by atoms with Gasteiger partial charge in [0.05, 0.1) is 6.10 Å². The Morgan fingerprint density at radius 2 is 1.88 bits per heavy atom. The summed E-state index contributed by atoms with van der Waals surface area (Å²) >= 11 is 0. The molecular weight excluding hydrogens is 228 g/mol. The minimum Gasteiger partial charge on any atom is -0.461 e. The second kappa shape index (κ2) is 5.61. The summed E-state index contributed by atoms with van der Waals surface area (Å²) in [4.78, 5) is 11.5. The third-order valence-electron chi connectivity index (χ3n) is 2.01. The average Bonchev–Trinajstić information content (AvgIpc) is 2.22. The summed E-state index contributed by atoms with van der Waals surface area (Å²) in [6, 6.07) is 2.73. The highest BCUT2D eigenvalue weighted by Crippen LogP contribution is 2.14. The molecule has 1 N–H and O–H groups in total. The van der Waals surface area contributed by atoms with Gasteiger partial charge in [-0.25, -0.2) is 13.6 Å². The molecule has 0 radical (unpaired) electrons. The number of rotatable bonds is 4. The third kappa shape index (κ3) is 4.01. The van der Waals surface area contributed by atoms with Gasteiger partial charge in [0.25, 0.3) is 0 Å². The maximum Gasteiger partial charge on any atom is 0.328 e. The van der Waals surface area contributed by atoms with Crippen LogP contribution in [0.1, 0.15) is 20.8 Å². The quantitative estimate of drug-likeness (QED) is 0.826. The normalized spacial score (nSPS) is 12.4. The Morgan fingerprint density at radius 1 is 1.24 bits per heavy atom. The topological polar surface area (TPSA) is 38.3 Å². The number of hydrogen-bond acceptors (Lipinski definition) is 3. The number of carbonyl (C=O) groups is 1. The summed E-state index contributed by atoms with van der Waals surface area (Å²) in [5.41, 5.74) is 0.331. The van der Waals surface area contributed by atoms with Gasteiger partial charge in [-0.05, 0) is 32.9 Å². The molecule has 0 fully saturated rings. The Morgan fingerprint density at radius 3 is 2.41 bits per heavy atom. The zero-order valence-corrected chi connectivity index (χ0v) is 9.96. The maximum atomic E-state index is 12.9. The maximum absolute atomic E-state index is 12.9. The molecule has 0 amide bonds. The molecule has 17 heavy (non-hydrogen) atoms. The number of benzene rings is 1. The molecule has 0 saturated carbocycles. The van der Waals surface area contributed by atoms with E-state index in [1.807, 2.05) is 0 Å². The van der Waals surface area contributed by atoms with Crippen LogP contribution in [0.3, 0.4) is 0 Å². The van der Waals surface area contributed by atoms with Gasteiger partial charge in [-0.2, -0.15) is 0 Å². The Bertz CT molecular complexity index is 407. The lowest BCUT2D eigenvalue weighted by Crippen LogP contribution is -2.30. The lowest BCUT2D eigenvalue weighted by molar-refractivity contribution is -0.147. The molecule has 0 aromatic heterocycles. The van der Waals surface area contributed by atoms with Crippen molar-refractivity contribution in [3.8, 4) is 0 Å². The summed E-state index contributed by atoms with van der Waals surface area (Å²) in [7, 11) is 0. The van der Waals surface area contributed by atoms with Gasteiger partial charge in [0.2, 0.25) is 0 Å². The number of esters is 1. The molecule has 0 spiro atoms. The molecule has 0 saturated heterocycles. The first kappa shape index (κ1) is 13.4. The Hall–Kier alpha value is -1.65. The lowest BCUT2D eigenvalue weighted by atomic mass is 10.2. The smallest absolute Gasteiger partial charge is 0.328 e. The largest absolute Gasteiger partial charge is 0.461 e. The molecule has 3 nitrogen and oxygen atoms in total. The highest BCUT2D eigenvalue weighted by Gasteiger charge is 2.16. The van der Waals surface area contributed by atoms with Crippen molar-refractivity contribution in [1.82, 2.24) is 0 Å². The van der Waals surface area contributed by atoms with Crippen molar-refractivity contribution in [2.75, 3.05) is 5.32 Å². The van der Waals surface area contributed by atoms with Gasteiger partial charge in [-0.15, -0.1) is 0 Å². The van der Waals surface area contributed by atoms with E-state index in [0.29, 0.717) is 5.69 Å². The van der Waals surface area contributed by atoms with Crippen LogP contribution in [0.15, 0.2) is 18.2 Å². The van der Waals surface area contributed by atoms with Gasteiger partial charge in [-0.1, -0.05) is 0 Å². The molecule has 0 bridgehead atoms. The summed E-state index contributed by atoms with van der Waals surface area (Å²) in [5.74, 6) is -2.32.